The molecule has 3 aromatic rings. The number of aromatic amines is 1. The molecule has 174 valence electrons. The number of para-hydroxylation sites is 2. The first-order chi connectivity index (χ1) is 15.9. The molecule has 1 unspecified atom stereocenters. The number of aryl methyl sites for hydroxylation is 1. The molecule has 33 heavy (non-hydrogen) atoms. The third-order valence-corrected chi connectivity index (χ3v) is 5.44. The molecular formula is C24H28N4O5. The lowest BCUT2D eigenvalue weighted by Gasteiger charge is -2.31. The molecule has 0 radical (unpaired) electrons. The summed E-state index contributed by atoms with van der Waals surface area (Å²) in [5.74, 6) is -2.57. The maximum atomic E-state index is 12.6. The number of nitrogens with one attached hydrogen (secondary N) is 2. The van der Waals surface area contributed by atoms with Crippen molar-refractivity contribution in [3.63, 3.8) is 0 Å². The van der Waals surface area contributed by atoms with Crippen LogP contribution in [0.5, 0.6) is 0 Å². The van der Waals surface area contributed by atoms with Gasteiger partial charge in [-0.2, -0.15) is 0 Å². The monoisotopic (exact) mass is 452 g/mol. The van der Waals surface area contributed by atoms with Crippen molar-refractivity contribution < 1.29 is 24.6 Å². The quantitative estimate of drug-likeness (QED) is 0.333. The summed E-state index contributed by atoms with van der Waals surface area (Å²) in [5, 5.41) is 17.9. The van der Waals surface area contributed by atoms with Gasteiger partial charge in [-0.25, -0.2) is 14.6 Å². The number of hydrogen-bond acceptors (Lipinski definition) is 5. The third-order valence-electron chi connectivity index (χ3n) is 5.44. The van der Waals surface area contributed by atoms with Gasteiger partial charge in [-0.3, -0.25) is 4.79 Å². The van der Waals surface area contributed by atoms with E-state index in [4.69, 9.17) is 19.8 Å². The number of carboxylic acid groups (broad SMARTS) is 2. The van der Waals surface area contributed by atoms with Gasteiger partial charge in [0.2, 0.25) is 11.9 Å². The summed E-state index contributed by atoms with van der Waals surface area (Å²) in [6.45, 7) is 2.40. The van der Waals surface area contributed by atoms with Gasteiger partial charge < -0.3 is 25.4 Å². The molecule has 1 amide bonds. The van der Waals surface area contributed by atoms with Gasteiger partial charge in [0.1, 0.15) is 0 Å². The predicted molar refractivity (Wildman–Crippen MR) is 124 cm³/mol. The van der Waals surface area contributed by atoms with Crippen LogP contribution in [0.1, 0.15) is 24.8 Å². The number of fused-ring (bicyclic) bond motifs is 1. The Labute approximate surface area is 191 Å². The number of carbonyl (C=O) groups excluding carboxylic acids is 1. The van der Waals surface area contributed by atoms with Crippen LogP contribution in [0.2, 0.25) is 0 Å². The topological polar surface area (TPSA) is 136 Å². The lowest BCUT2D eigenvalue weighted by atomic mass is 9.97. The standard InChI is InChI=1S/C22H26N4O.C2H2O4/c27-21(23-14-6-10-17-8-2-1-3-9-17)18-11-7-15-26(16-18)22-24-19-12-4-5-13-20(19)25-22;3-1(4)2(5)6/h1-5,8-9,12-13,18H,6-7,10-11,14-16H2,(H,23,27)(H,24,25);(H,3,4)(H,5,6). The van der Waals surface area contributed by atoms with Crippen LogP contribution >= 0.6 is 0 Å². The van der Waals surface area contributed by atoms with Gasteiger partial charge in [-0.05, 0) is 43.4 Å². The van der Waals surface area contributed by atoms with Crippen LogP contribution in [0.25, 0.3) is 11.0 Å². The van der Waals surface area contributed by atoms with E-state index in [2.05, 4.69) is 44.5 Å². The van der Waals surface area contributed by atoms with E-state index >= 15 is 0 Å². The van der Waals surface area contributed by atoms with Gasteiger partial charge in [-0.1, -0.05) is 42.5 Å². The number of carbonyl (C=O) groups is 3. The molecule has 0 bridgehead atoms. The van der Waals surface area contributed by atoms with E-state index in [1.54, 1.807) is 0 Å². The SMILES string of the molecule is O=C(NCCCc1ccccc1)C1CCCN(c2nc3ccccc3[nH]2)C1.O=C(O)C(=O)O. The summed E-state index contributed by atoms with van der Waals surface area (Å²) >= 11 is 0. The Bertz CT molecular complexity index is 1040. The Morgan fingerprint density at radius 2 is 1.73 bits per heavy atom. The average Bonchev–Trinajstić information content (AvgIpc) is 3.27. The number of imidazole rings is 1. The molecule has 1 saturated heterocycles. The van der Waals surface area contributed by atoms with Gasteiger partial charge in [0.15, 0.2) is 0 Å². The predicted octanol–water partition coefficient (Wildman–Crippen LogP) is 2.68. The summed E-state index contributed by atoms with van der Waals surface area (Å²) in [4.78, 5) is 41.1. The number of hydrogen-bond donors (Lipinski definition) is 4. The van der Waals surface area contributed by atoms with Crippen molar-refractivity contribution in [1.82, 2.24) is 15.3 Å². The Morgan fingerprint density at radius 1 is 1.03 bits per heavy atom. The van der Waals surface area contributed by atoms with Crippen LogP contribution in [0.4, 0.5) is 5.95 Å². The fourth-order valence-corrected chi connectivity index (χ4v) is 3.77. The van der Waals surface area contributed by atoms with Crippen LogP contribution < -0.4 is 10.2 Å². The van der Waals surface area contributed by atoms with E-state index in [-0.39, 0.29) is 11.8 Å². The van der Waals surface area contributed by atoms with Gasteiger partial charge in [-0.15, -0.1) is 0 Å². The Morgan fingerprint density at radius 3 is 2.42 bits per heavy atom. The van der Waals surface area contributed by atoms with E-state index in [1.807, 2.05) is 30.3 Å². The zero-order valence-electron chi connectivity index (χ0n) is 18.2. The number of aliphatic carboxylic acids is 2. The minimum absolute atomic E-state index is 0.0312. The number of piperidine rings is 1. The number of H-pyrrole nitrogens is 1. The van der Waals surface area contributed by atoms with E-state index in [0.717, 1.165) is 62.3 Å². The van der Waals surface area contributed by atoms with Gasteiger partial charge >= 0.3 is 11.9 Å². The Hall–Kier alpha value is -3.88. The maximum absolute atomic E-state index is 12.6. The number of aromatic nitrogens is 2. The zero-order valence-corrected chi connectivity index (χ0v) is 18.2. The second-order valence-electron chi connectivity index (χ2n) is 7.85. The van der Waals surface area contributed by atoms with Crippen LogP contribution in [-0.4, -0.2) is 57.7 Å². The second kappa shape index (κ2) is 11.7. The molecule has 0 aliphatic carbocycles. The lowest BCUT2D eigenvalue weighted by Crippen LogP contribution is -2.43. The number of nitrogens with zero attached hydrogens (tertiary/aromatic N) is 2. The van der Waals surface area contributed by atoms with Crippen molar-refractivity contribution in [2.45, 2.75) is 25.7 Å². The van der Waals surface area contributed by atoms with Gasteiger partial charge in [0.05, 0.1) is 17.0 Å². The van der Waals surface area contributed by atoms with Crippen LogP contribution in [-0.2, 0) is 20.8 Å². The van der Waals surface area contributed by atoms with E-state index in [1.165, 1.54) is 5.56 Å². The smallest absolute Gasteiger partial charge is 0.414 e. The van der Waals surface area contributed by atoms with Crippen molar-refractivity contribution in [2.75, 3.05) is 24.5 Å². The minimum atomic E-state index is -1.82. The first-order valence-electron chi connectivity index (χ1n) is 10.9. The number of anilines is 1. The normalized spacial score (nSPS) is 15.4. The molecule has 4 rings (SSSR count). The summed E-state index contributed by atoms with van der Waals surface area (Å²) < 4.78 is 0. The molecule has 9 nitrogen and oxygen atoms in total. The molecule has 2 aromatic carbocycles. The summed E-state index contributed by atoms with van der Waals surface area (Å²) in [6, 6.07) is 18.5. The highest BCUT2D eigenvalue weighted by Gasteiger charge is 2.27. The second-order valence-corrected chi connectivity index (χ2v) is 7.85. The summed E-state index contributed by atoms with van der Waals surface area (Å²) in [5.41, 5.74) is 3.33. The van der Waals surface area contributed by atoms with E-state index < -0.39 is 11.9 Å². The molecule has 1 aromatic heterocycles. The van der Waals surface area contributed by atoms with Gasteiger partial charge in [0, 0.05) is 19.6 Å². The molecule has 1 aliphatic rings. The largest absolute Gasteiger partial charge is 0.473 e. The third kappa shape index (κ3) is 7.06. The van der Waals surface area contributed by atoms with E-state index in [0.29, 0.717) is 0 Å². The first kappa shape index (κ1) is 23.8. The van der Waals surface area contributed by atoms with E-state index in [9.17, 15) is 4.79 Å². The molecular weight excluding hydrogens is 424 g/mol. The highest BCUT2D eigenvalue weighted by Crippen LogP contribution is 2.23. The van der Waals surface area contributed by atoms with Crippen molar-refractivity contribution in [3.8, 4) is 0 Å². The highest BCUT2D eigenvalue weighted by molar-refractivity contribution is 6.27. The highest BCUT2D eigenvalue weighted by atomic mass is 16.4. The first-order valence-corrected chi connectivity index (χ1v) is 10.9. The Balaban J connectivity index is 0.000000454. The molecule has 4 N–H and O–H groups in total. The zero-order chi connectivity index (χ0) is 23.6. The van der Waals surface area contributed by atoms with Crippen LogP contribution in [0.3, 0.4) is 0 Å². The molecule has 1 atom stereocenters. The van der Waals surface area contributed by atoms with Crippen molar-refractivity contribution in [1.29, 1.82) is 0 Å². The summed E-state index contributed by atoms with van der Waals surface area (Å²) in [7, 11) is 0. The maximum Gasteiger partial charge on any atom is 0.414 e. The van der Waals surface area contributed by atoms with Gasteiger partial charge in [0.25, 0.3) is 0 Å². The molecule has 2 heterocycles. The number of carboxylic acids is 2. The fraction of sp³-hybridized carbons (Fsp3) is 0.333. The van der Waals surface area contributed by atoms with Crippen LogP contribution in [0.15, 0.2) is 54.6 Å². The average molecular weight is 453 g/mol. The molecule has 1 aliphatic heterocycles. The fourth-order valence-electron chi connectivity index (χ4n) is 3.77. The number of rotatable bonds is 6. The van der Waals surface area contributed by atoms with Crippen molar-refractivity contribution >= 4 is 34.8 Å². The molecule has 0 saturated carbocycles. The molecule has 1 fully saturated rings. The summed E-state index contributed by atoms with van der Waals surface area (Å²) in [6.07, 6.45) is 3.92. The lowest BCUT2D eigenvalue weighted by molar-refractivity contribution is -0.159. The number of amides is 1. The molecule has 9 heteroatoms. The van der Waals surface area contributed by atoms with Crippen molar-refractivity contribution in [3.05, 3.63) is 60.2 Å². The number of benzene rings is 2. The van der Waals surface area contributed by atoms with Crippen molar-refractivity contribution in [2.24, 2.45) is 5.92 Å². The molecule has 0 spiro atoms. The Kier molecular flexibility index (Phi) is 8.40. The minimum Gasteiger partial charge on any atom is -0.473 e. The van der Waals surface area contributed by atoms with Crippen LogP contribution in [0, 0.1) is 5.92 Å².